The van der Waals surface area contributed by atoms with Gasteiger partial charge in [0.15, 0.2) is 5.78 Å². The number of ether oxygens (including phenoxy) is 8. The highest BCUT2D eigenvalue weighted by atomic mass is 32.2. The van der Waals surface area contributed by atoms with E-state index in [-0.39, 0.29) is 96.8 Å². The molecule has 552 valence electrons. The number of rotatable bonds is 58. The lowest BCUT2D eigenvalue weighted by Gasteiger charge is -2.35. The minimum absolute atomic E-state index is 0.0132. The molecule has 0 aromatic heterocycles. The van der Waals surface area contributed by atoms with Crippen LogP contribution < -0.4 is 10.6 Å². The van der Waals surface area contributed by atoms with Crippen molar-refractivity contribution in [2.75, 3.05) is 105 Å². The molecule has 0 aliphatic carbocycles. The summed E-state index contributed by atoms with van der Waals surface area (Å²) >= 11 is 1.88. The van der Waals surface area contributed by atoms with Crippen LogP contribution in [0, 0.1) is 17.8 Å². The van der Waals surface area contributed by atoms with Crippen LogP contribution in [0.3, 0.4) is 0 Å². The van der Waals surface area contributed by atoms with Gasteiger partial charge in [-0.25, -0.2) is 0 Å². The van der Waals surface area contributed by atoms with Crippen molar-refractivity contribution < 1.29 is 76.3 Å². The van der Waals surface area contributed by atoms with Crippen molar-refractivity contribution in [2.45, 2.75) is 160 Å². The number of carbonyl (C=O) groups is 8. The number of unbranched alkanes of at least 4 members (excludes halogenated alkanes) is 4. The molecule has 0 aliphatic heterocycles. The first-order chi connectivity index (χ1) is 48.9. The van der Waals surface area contributed by atoms with Crippen molar-refractivity contribution in [3.05, 3.63) is 179 Å². The molecule has 0 heterocycles. The Morgan fingerprint density at radius 2 is 0.832 bits per heavy atom. The molecule has 0 bridgehead atoms. The molecule has 5 aromatic rings. The van der Waals surface area contributed by atoms with Gasteiger partial charge in [0.2, 0.25) is 11.8 Å². The molecule has 101 heavy (non-hydrogen) atoms. The highest BCUT2D eigenvalue weighted by molar-refractivity contribution is 8.00. The molecule has 5 aromatic carbocycles. The Hall–Kier alpha value is -7.07. The topological polar surface area (TPSA) is 234 Å². The van der Waals surface area contributed by atoms with Gasteiger partial charge in [-0.3, -0.25) is 33.6 Å². The molecular formula is C82H112N2O16S. The molecule has 0 saturated heterocycles. The molecule has 5 rings (SSSR count). The number of Topliss-reactive ketones (excluding diaryl/α,β-unsaturated/α-hetero) is 5. The molecule has 4 atom stereocenters. The Morgan fingerprint density at radius 3 is 1.31 bits per heavy atom. The summed E-state index contributed by atoms with van der Waals surface area (Å²) in [6.45, 7) is 14.6. The second-order valence-corrected chi connectivity index (χ2v) is 27.8. The zero-order valence-corrected chi connectivity index (χ0v) is 61.3. The molecule has 2 N–H and O–H groups in total. The van der Waals surface area contributed by atoms with Gasteiger partial charge >= 0.3 is 5.97 Å². The van der Waals surface area contributed by atoms with Gasteiger partial charge in [0, 0.05) is 75.7 Å². The van der Waals surface area contributed by atoms with Gasteiger partial charge in [0.25, 0.3) is 0 Å². The largest absolute Gasteiger partial charge is 0.460 e. The van der Waals surface area contributed by atoms with E-state index < -0.39 is 35.4 Å². The first-order valence-corrected chi connectivity index (χ1v) is 37.2. The summed E-state index contributed by atoms with van der Waals surface area (Å²) in [6.07, 6.45) is 5.78. The third-order valence-electron chi connectivity index (χ3n) is 17.0. The average Bonchev–Trinajstić information content (AvgIpc) is 0.760. The fraction of sp³-hybridized carbons (Fsp3) is 0.537. The van der Waals surface area contributed by atoms with Crippen molar-refractivity contribution in [3.63, 3.8) is 0 Å². The van der Waals surface area contributed by atoms with Gasteiger partial charge in [0.05, 0.1) is 103 Å². The zero-order valence-electron chi connectivity index (χ0n) is 60.5. The number of hydrogen-bond acceptors (Lipinski definition) is 17. The summed E-state index contributed by atoms with van der Waals surface area (Å²) in [5.41, 5.74) is 4.71. The maximum Gasteiger partial charge on any atom is 0.309 e. The van der Waals surface area contributed by atoms with Gasteiger partial charge in [0.1, 0.15) is 28.7 Å². The number of ketones is 5. The number of benzene rings is 5. The van der Waals surface area contributed by atoms with E-state index in [9.17, 15) is 38.4 Å². The van der Waals surface area contributed by atoms with Crippen LogP contribution in [0.5, 0.6) is 0 Å². The van der Waals surface area contributed by atoms with Crippen LogP contribution in [0.15, 0.2) is 152 Å². The fourth-order valence-electron chi connectivity index (χ4n) is 11.6. The van der Waals surface area contributed by atoms with Crippen LogP contribution in [-0.2, 0) is 93.8 Å². The van der Waals surface area contributed by atoms with Crippen LogP contribution in [-0.4, -0.2) is 163 Å². The smallest absolute Gasteiger partial charge is 0.309 e. The SMILES string of the molecule is CC(=O)CC[C@H](CC(=O)C[C@@H](CCC(=O)NCCCCCCCC(=O)C[C@@H](Cc1ccccc1)C(=O)N[C@@H](Cc1ccccc1)C(=O)CCCOCCOCCOCCOCCOCCOCCOCCSC(c1ccccc1)(c1ccccc1)c1ccccc1)C(=O)OC(C)(C)C)C(C)=O. The predicted octanol–water partition coefficient (Wildman–Crippen LogP) is 12.8. The van der Waals surface area contributed by atoms with E-state index in [4.69, 9.17) is 37.9 Å². The molecule has 0 radical (unpaired) electrons. The summed E-state index contributed by atoms with van der Waals surface area (Å²) in [4.78, 5) is 104. The van der Waals surface area contributed by atoms with Gasteiger partial charge in [-0.05, 0) is 107 Å². The molecule has 0 saturated carbocycles. The molecule has 19 heteroatoms. The molecule has 0 unspecified atom stereocenters. The highest BCUT2D eigenvalue weighted by Crippen LogP contribution is 2.48. The minimum Gasteiger partial charge on any atom is -0.460 e. The van der Waals surface area contributed by atoms with Crippen molar-refractivity contribution in [1.29, 1.82) is 0 Å². The molecule has 2 amide bonds. The van der Waals surface area contributed by atoms with E-state index in [0.717, 1.165) is 36.1 Å². The maximum atomic E-state index is 14.2. The van der Waals surface area contributed by atoms with Gasteiger partial charge in [-0.2, -0.15) is 0 Å². The van der Waals surface area contributed by atoms with E-state index in [0.29, 0.717) is 138 Å². The van der Waals surface area contributed by atoms with Crippen molar-refractivity contribution in [3.8, 4) is 0 Å². The number of esters is 1. The quantitative estimate of drug-likeness (QED) is 0.0209. The van der Waals surface area contributed by atoms with Gasteiger partial charge < -0.3 is 53.3 Å². The Balaban J connectivity index is 0.889. The zero-order chi connectivity index (χ0) is 72.6. The highest BCUT2D eigenvalue weighted by Gasteiger charge is 2.37. The summed E-state index contributed by atoms with van der Waals surface area (Å²) in [7, 11) is 0. The number of carbonyl (C=O) groups excluding carboxylic acids is 8. The Bertz CT molecular complexity index is 3040. The Labute approximate surface area is 604 Å². The lowest BCUT2D eigenvalue weighted by molar-refractivity contribution is -0.161. The molecular weight excluding hydrogens is 1300 g/mol. The van der Waals surface area contributed by atoms with Crippen LogP contribution in [0.4, 0.5) is 0 Å². The second kappa shape index (κ2) is 50.3. The van der Waals surface area contributed by atoms with E-state index >= 15 is 0 Å². The summed E-state index contributed by atoms with van der Waals surface area (Å²) in [5, 5.41) is 5.96. The molecule has 0 spiro atoms. The molecule has 18 nitrogen and oxygen atoms in total. The minimum atomic E-state index is -0.856. The van der Waals surface area contributed by atoms with Crippen LogP contribution in [0.25, 0.3) is 0 Å². The second-order valence-electron chi connectivity index (χ2n) is 26.5. The predicted molar refractivity (Wildman–Crippen MR) is 395 cm³/mol. The standard InChI is InChI=1S/C82H112N2O16S/c1-64(85)39-40-68(65(2)86)61-75(88)62-69(80(92)100-81(3,4)5)41-42-78(90)83-43-25-8-6-7-24-37-74(87)63-70(59-66-27-14-9-15-28-66)79(91)84-76(60-67-29-16-10-17-30-67)77(89)38-26-44-93-45-46-94-47-48-95-49-50-96-51-52-97-53-54-98-55-56-99-57-58-101-82(71-31-18-11-19-32-71,72-33-20-12-21-34-72)73-35-22-13-23-36-73/h9-23,27-36,68-70,76H,6-8,24-26,37-63H2,1-5H3,(H,83,90)(H,84,91)/t68-,69-,70-,76+/m1/s1. The molecule has 0 fully saturated rings. The lowest BCUT2D eigenvalue weighted by Crippen LogP contribution is -2.46. The first kappa shape index (κ1) is 84.6. The first-order valence-electron chi connectivity index (χ1n) is 36.2. The van der Waals surface area contributed by atoms with Crippen LogP contribution >= 0.6 is 11.8 Å². The van der Waals surface area contributed by atoms with Crippen molar-refractivity contribution in [2.24, 2.45) is 17.8 Å². The third kappa shape index (κ3) is 36.1. The van der Waals surface area contributed by atoms with E-state index in [1.807, 2.05) is 72.4 Å². The van der Waals surface area contributed by atoms with Crippen molar-refractivity contribution >= 4 is 58.5 Å². The average molecular weight is 1410 g/mol. The molecule has 0 aliphatic rings. The summed E-state index contributed by atoms with van der Waals surface area (Å²) < 4.78 is 45.4. The van der Waals surface area contributed by atoms with E-state index in [1.165, 1.54) is 30.5 Å². The monoisotopic (exact) mass is 1410 g/mol. The van der Waals surface area contributed by atoms with E-state index in [1.54, 1.807) is 20.8 Å². The van der Waals surface area contributed by atoms with Gasteiger partial charge in [-0.1, -0.05) is 171 Å². The lowest BCUT2D eigenvalue weighted by atomic mass is 9.84. The van der Waals surface area contributed by atoms with Crippen LogP contribution in [0.1, 0.15) is 159 Å². The maximum absolute atomic E-state index is 14.2. The summed E-state index contributed by atoms with van der Waals surface area (Å²) in [6, 6.07) is 50.3. The number of nitrogens with one attached hydrogen (secondary N) is 2. The third-order valence-corrected chi connectivity index (χ3v) is 18.5. The summed E-state index contributed by atoms with van der Waals surface area (Å²) in [5.74, 6) is -3.20. The fourth-order valence-corrected chi connectivity index (χ4v) is 13.0. The normalized spacial score (nSPS) is 12.8. The van der Waals surface area contributed by atoms with Gasteiger partial charge in [-0.15, -0.1) is 11.8 Å². The Kier molecular flexibility index (Phi) is 42.1. The number of thioether (sulfide) groups is 1. The number of hydrogen-bond donors (Lipinski definition) is 2. The van der Waals surface area contributed by atoms with Crippen molar-refractivity contribution in [1.82, 2.24) is 10.6 Å². The number of amides is 2. The van der Waals surface area contributed by atoms with E-state index in [2.05, 4.69) is 102 Å². The van der Waals surface area contributed by atoms with Crippen LogP contribution in [0.2, 0.25) is 0 Å². The Morgan fingerprint density at radius 1 is 0.416 bits per heavy atom.